The minimum Gasteiger partial charge on any atom is -0.368 e. The van der Waals surface area contributed by atoms with E-state index in [1.807, 2.05) is 6.20 Å². The van der Waals surface area contributed by atoms with Crippen molar-refractivity contribution in [2.24, 2.45) is 5.92 Å². The summed E-state index contributed by atoms with van der Waals surface area (Å²) in [4.78, 5) is 2.56. The van der Waals surface area contributed by atoms with E-state index in [1.54, 1.807) is 0 Å². The maximum Gasteiger partial charge on any atom is 0.123 e. The lowest BCUT2D eigenvalue weighted by Crippen LogP contribution is -2.39. The number of fused-ring (bicyclic) bond motifs is 1. The second-order valence-electron chi connectivity index (χ2n) is 6.00. The first-order chi connectivity index (χ1) is 9.15. The van der Waals surface area contributed by atoms with Crippen molar-refractivity contribution in [1.82, 2.24) is 15.5 Å². The van der Waals surface area contributed by atoms with Gasteiger partial charge in [-0.2, -0.15) is 0 Å². The van der Waals surface area contributed by atoms with Gasteiger partial charge in [-0.25, -0.2) is 0 Å². The largest absolute Gasteiger partial charge is 0.368 e. The molecule has 0 aromatic carbocycles. The van der Waals surface area contributed by atoms with E-state index in [9.17, 15) is 0 Å². The van der Waals surface area contributed by atoms with Crippen molar-refractivity contribution in [2.45, 2.75) is 33.0 Å². The van der Waals surface area contributed by atoms with Crippen molar-refractivity contribution in [1.29, 1.82) is 0 Å². The molecule has 0 spiro atoms. The third kappa shape index (κ3) is 2.35. The van der Waals surface area contributed by atoms with Gasteiger partial charge in [0.2, 0.25) is 0 Å². The third-order valence-electron chi connectivity index (χ3n) is 4.11. The van der Waals surface area contributed by atoms with Gasteiger partial charge in [-0.05, 0) is 37.6 Å². The summed E-state index contributed by atoms with van der Waals surface area (Å²) in [5.41, 5.74) is 4.21. The van der Waals surface area contributed by atoms with Crippen molar-refractivity contribution in [3.63, 3.8) is 0 Å². The van der Waals surface area contributed by atoms with Crippen LogP contribution in [-0.2, 0) is 0 Å². The number of nitrogens with zero attached hydrogens (tertiary/aromatic N) is 1. The Morgan fingerprint density at radius 3 is 3.00 bits per heavy atom. The van der Waals surface area contributed by atoms with Crippen LogP contribution in [0.3, 0.4) is 0 Å². The van der Waals surface area contributed by atoms with E-state index in [-0.39, 0.29) is 7.59 Å². The molecule has 0 amide bonds. The van der Waals surface area contributed by atoms with Crippen molar-refractivity contribution < 1.29 is 1.43 Å². The predicted molar refractivity (Wildman–Crippen MR) is 81.4 cm³/mol. The van der Waals surface area contributed by atoms with Crippen LogP contribution >= 0.6 is 0 Å². The van der Waals surface area contributed by atoms with Crippen LogP contribution < -0.4 is 10.6 Å². The fourth-order valence-electron chi connectivity index (χ4n) is 3.07. The SMILES string of the molecule is CC(C)N1CC(C2=CNC3NC=CC=C23)=C[C@H](C)C1.[HH]. The summed E-state index contributed by atoms with van der Waals surface area (Å²) in [6.45, 7) is 9.10. The average Bonchev–Trinajstić information content (AvgIpc) is 2.81. The van der Waals surface area contributed by atoms with Crippen LogP contribution in [0.1, 0.15) is 22.2 Å². The van der Waals surface area contributed by atoms with E-state index in [0.717, 1.165) is 6.54 Å². The summed E-state index contributed by atoms with van der Waals surface area (Å²) >= 11 is 0. The van der Waals surface area contributed by atoms with Crippen molar-refractivity contribution in [2.75, 3.05) is 13.1 Å². The predicted octanol–water partition coefficient (Wildman–Crippen LogP) is 2.38. The third-order valence-corrected chi connectivity index (χ3v) is 4.11. The van der Waals surface area contributed by atoms with Crippen molar-refractivity contribution in [3.05, 3.63) is 47.3 Å². The van der Waals surface area contributed by atoms with Crippen LogP contribution in [0.25, 0.3) is 0 Å². The molecule has 1 unspecified atom stereocenters. The zero-order chi connectivity index (χ0) is 13.4. The summed E-state index contributed by atoms with van der Waals surface area (Å²) < 4.78 is 0. The molecule has 0 radical (unpaired) electrons. The Labute approximate surface area is 117 Å². The summed E-state index contributed by atoms with van der Waals surface area (Å²) in [5, 5.41) is 6.76. The van der Waals surface area contributed by atoms with Crippen LogP contribution in [-0.4, -0.2) is 30.2 Å². The number of hydrogen-bond donors (Lipinski definition) is 2. The zero-order valence-corrected chi connectivity index (χ0v) is 12.0. The molecule has 3 rings (SSSR count). The van der Waals surface area contributed by atoms with Gasteiger partial charge in [0.15, 0.2) is 0 Å². The van der Waals surface area contributed by atoms with Gasteiger partial charge in [-0.1, -0.05) is 19.1 Å². The average molecular weight is 259 g/mol. The minimum absolute atomic E-state index is 0. The first-order valence-electron chi connectivity index (χ1n) is 7.19. The lowest BCUT2D eigenvalue weighted by Gasteiger charge is -2.34. The monoisotopic (exact) mass is 259 g/mol. The highest BCUT2D eigenvalue weighted by atomic mass is 15.2. The van der Waals surface area contributed by atoms with Crippen LogP contribution in [0.15, 0.2) is 47.3 Å². The fourth-order valence-corrected chi connectivity index (χ4v) is 3.07. The first kappa shape index (κ1) is 12.5. The van der Waals surface area contributed by atoms with Gasteiger partial charge in [-0.3, -0.25) is 4.90 Å². The van der Waals surface area contributed by atoms with Gasteiger partial charge in [0, 0.05) is 37.9 Å². The van der Waals surface area contributed by atoms with Gasteiger partial charge < -0.3 is 10.6 Å². The van der Waals surface area contributed by atoms with Gasteiger partial charge in [0.05, 0.1) is 0 Å². The normalized spacial score (nSPS) is 30.2. The first-order valence-corrected chi connectivity index (χ1v) is 7.19. The van der Waals surface area contributed by atoms with Gasteiger partial charge in [-0.15, -0.1) is 0 Å². The van der Waals surface area contributed by atoms with Crippen molar-refractivity contribution in [3.8, 4) is 0 Å². The molecule has 0 aliphatic carbocycles. The standard InChI is InChI=1S/C16H23N3.H2/c1-11(2)19-9-12(3)7-13(10-19)15-8-18-16-14(15)5-4-6-17-16;/h4-8,11-12,16-18H,9-10H2,1-3H3;1H/t12-,16?;/m0./s1. The summed E-state index contributed by atoms with van der Waals surface area (Å²) in [7, 11) is 0. The number of nitrogens with one attached hydrogen (secondary N) is 2. The molecule has 3 nitrogen and oxygen atoms in total. The topological polar surface area (TPSA) is 27.3 Å². The van der Waals surface area contributed by atoms with E-state index in [1.165, 1.54) is 23.3 Å². The highest BCUT2D eigenvalue weighted by molar-refractivity contribution is 5.55. The Bertz CT molecular complexity index is 488. The molecule has 3 heterocycles. The molecule has 3 aliphatic rings. The molecule has 0 saturated heterocycles. The molecule has 0 saturated carbocycles. The lowest BCUT2D eigenvalue weighted by molar-refractivity contribution is 0.211. The number of dihydropyridines is 1. The molecule has 3 heteroatoms. The Kier molecular flexibility index (Phi) is 3.23. The van der Waals surface area contributed by atoms with Gasteiger partial charge in [0.25, 0.3) is 0 Å². The number of rotatable bonds is 2. The maximum atomic E-state index is 3.41. The molecule has 3 aliphatic heterocycles. The summed E-state index contributed by atoms with van der Waals surface area (Å²) in [5.74, 6) is 0.624. The van der Waals surface area contributed by atoms with E-state index >= 15 is 0 Å². The Morgan fingerprint density at radius 2 is 2.21 bits per heavy atom. The van der Waals surface area contributed by atoms with E-state index in [4.69, 9.17) is 0 Å². The highest BCUT2D eigenvalue weighted by Crippen LogP contribution is 2.31. The molecule has 2 N–H and O–H groups in total. The number of allylic oxidation sites excluding steroid dienone is 2. The molecule has 0 fully saturated rings. The molecular formula is C16H25N3. The molecule has 2 atom stereocenters. The smallest absolute Gasteiger partial charge is 0.123 e. The van der Waals surface area contributed by atoms with Crippen LogP contribution in [0.5, 0.6) is 0 Å². The van der Waals surface area contributed by atoms with E-state index < -0.39 is 0 Å². The quantitative estimate of drug-likeness (QED) is 0.797. The second kappa shape index (κ2) is 4.89. The second-order valence-corrected chi connectivity index (χ2v) is 6.00. The van der Waals surface area contributed by atoms with Crippen LogP contribution in [0.4, 0.5) is 0 Å². The van der Waals surface area contributed by atoms with E-state index in [2.05, 4.69) is 60.7 Å². The molecular weight excluding hydrogens is 234 g/mol. The maximum absolute atomic E-state index is 3.41. The van der Waals surface area contributed by atoms with Crippen LogP contribution in [0, 0.1) is 5.92 Å². The molecule has 0 aromatic heterocycles. The summed E-state index contributed by atoms with van der Waals surface area (Å²) in [6.07, 6.45) is 11.2. The summed E-state index contributed by atoms with van der Waals surface area (Å²) in [6, 6.07) is 0.607. The van der Waals surface area contributed by atoms with E-state index in [0.29, 0.717) is 12.0 Å². The molecule has 104 valence electrons. The van der Waals surface area contributed by atoms with Crippen LogP contribution in [0.2, 0.25) is 0 Å². The van der Waals surface area contributed by atoms with Gasteiger partial charge in [0.1, 0.15) is 6.17 Å². The molecule has 0 aromatic rings. The van der Waals surface area contributed by atoms with Crippen molar-refractivity contribution >= 4 is 0 Å². The minimum atomic E-state index is 0. The Morgan fingerprint density at radius 1 is 1.37 bits per heavy atom. The fraction of sp³-hybridized carbons (Fsp3) is 0.500. The lowest BCUT2D eigenvalue weighted by atomic mass is 9.91. The number of hydrogen-bond acceptors (Lipinski definition) is 3. The Hall–Kier alpha value is -1.48. The molecule has 19 heavy (non-hydrogen) atoms. The Balaban J connectivity index is 0.00000147. The molecule has 0 bridgehead atoms. The van der Waals surface area contributed by atoms with Gasteiger partial charge >= 0.3 is 0 Å². The highest BCUT2D eigenvalue weighted by Gasteiger charge is 2.29. The zero-order valence-electron chi connectivity index (χ0n) is 12.0.